The summed E-state index contributed by atoms with van der Waals surface area (Å²) >= 11 is 0. The van der Waals surface area contributed by atoms with Gasteiger partial charge < -0.3 is 46.2 Å². The first-order chi connectivity index (χ1) is 15.7. The number of hydrogen-bond acceptors (Lipinski definition) is 9. The van der Waals surface area contributed by atoms with Crippen LogP contribution in [0.25, 0.3) is 0 Å². The Bertz CT molecular complexity index is 535. The van der Waals surface area contributed by atoms with Crippen molar-refractivity contribution in [1.29, 1.82) is 0 Å². The fourth-order valence-electron chi connectivity index (χ4n) is 4.18. The van der Waals surface area contributed by atoms with E-state index < -0.39 is 55.1 Å². The summed E-state index contributed by atoms with van der Waals surface area (Å²) in [6.07, 6.45) is 7.13. The zero-order valence-corrected chi connectivity index (χ0v) is 20.0. The van der Waals surface area contributed by atoms with Crippen LogP contribution in [0.4, 0.5) is 0 Å². The molecular formula is C24H47NO8. The molecule has 9 N–H and O–H groups in total. The lowest BCUT2D eigenvalue weighted by atomic mass is 9.85. The molecule has 0 aliphatic carbocycles. The zero-order valence-electron chi connectivity index (χ0n) is 20.0. The highest BCUT2D eigenvalue weighted by atomic mass is 16.7. The van der Waals surface area contributed by atoms with Crippen LogP contribution in [-0.4, -0.2) is 90.8 Å². The Morgan fingerprint density at radius 1 is 0.879 bits per heavy atom. The molecule has 1 heterocycles. The maximum absolute atomic E-state index is 10.6. The molecule has 1 aliphatic rings. The molecule has 0 amide bonds. The molecule has 0 radical (unpaired) electrons. The molecule has 9 nitrogen and oxygen atoms in total. The third kappa shape index (κ3) is 9.51. The first-order valence-electron chi connectivity index (χ1n) is 12.5. The quantitative estimate of drug-likeness (QED) is 0.109. The molecule has 0 bridgehead atoms. The highest BCUT2D eigenvalue weighted by Crippen LogP contribution is 2.32. The van der Waals surface area contributed by atoms with Crippen LogP contribution in [-0.2, 0) is 4.74 Å². The predicted molar refractivity (Wildman–Crippen MR) is 125 cm³/mol. The number of nitrogens with two attached hydrogens (primary N) is 1. The largest absolute Gasteiger partial charge is 0.394 e. The molecule has 1 unspecified atom stereocenters. The van der Waals surface area contributed by atoms with Gasteiger partial charge >= 0.3 is 0 Å². The zero-order chi connectivity index (χ0) is 24.9. The lowest BCUT2D eigenvalue weighted by molar-refractivity contribution is -0.378. The standard InChI is InChI=1S/C24H47NO8/c1-2-3-4-5-6-7-8-9-10-11-12-13-14-15-17(27)19(25)22(30)24(32)23(31)21(29)20(28)18(16-26)33-24/h14-15,17-23,26-32H,2-13,16,25H2,1H3/b15-14+/t17-,18-,19-,20+,21+,22?,23-,24+/m1/s1. The minimum Gasteiger partial charge on any atom is -0.394 e. The Hall–Kier alpha value is -0.620. The molecule has 0 saturated carbocycles. The van der Waals surface area contributed by atoms with E-state index in [0.717, 1.165) is 19.3 Å². The molecule has 1 fully saturated rings. The molecule has 1 rings (SSSR count). The Balaban J connectivity index is 2.32. The highest BCUT2D eigenvalue weighted by Gasteiger charge is 2.58. The SMILES string of the molecule is CCCCCCCCCCCCC/C=C/[C@@H](O)[C@@H](N)C(O)[C@]1(O)O[C@H](CO)[C@H](O)[C@H](O)[C@H]1O. The second kappa shape index (κ2) is 16.1. The van der Waals surface area contributed by atoms with Gasteiger partial charge in [-0.25, -0.2) is 0 Å². The molecule has 8 atom stereocenters. The van der Waals surface area contributed by atoms with Crippen molar-refractivity contribution in [2.24, 2.45) is 5.73 Å². The van der Waals surface area contributed by atoms with Gasteiger partial charge in [-0.2, -0.15) is 0 Å². The first kappa shape index (κ1) is 30.4. The average molecular weight is 478 g/mol. The van der Waals surface area contributed by atoms with Crippen molar-refractivity contribution in [1.82, 2.24) is 0 Å². The lowest BCUT2D eigenvalue weighted by Crippen LogP contribution is -2.72. The minimum absolute atomic E-state index is 0.734. The molecule has 0 aromatic heterocycles. The predicted octanol–water partition coefficient (Wildman–Crippen LogP) is 0.455. The summed E-state index contributed by atoms with van der Waals surface area (Å²) in [5.41, 5.74) is 5.84. The third-order valence-corrected chi connectivity index (χ3v) is 6.49. The van der Waals surface area contributed by atoms with Gasteiger partial charge in [0, 0.05) is 0 Å². The summed E-state index contributed by atoms with van der Waals surface area (Å²) in [6.45, 7) is 1.46. The number of rotatable bonds is 17. The normalized spacial score (nSPS) is 31.1. The number of hydrogen-bond donors (Lipinski definition) is 8. The van der Waals surface area contributed by atoms with Crippen LogP contribution in [0, 0.1) is 0 Å². The van der Waals surface area contributed by atoms with Crippen LogP contribution in [0.15, 0.2) is 12.2 Å². The van der Waals surface area contributed by atoms with Crippen molar-refractivity contribution >= 4 is 0 Å². The van der Waals surface area contributed by atoms with E-state index in [9.17, 15) is 35.7 Å². The monoisotopic (exact) mass is 477 g/mol. The van der Waals surface area contributed by atoms with Crippen LogP contribution in [0.5, 0.6) is 0 Å². The summed E-state index contributed by atoms with van der Waals surface area (Å²) < 4.78 is 5.05. The van der Waals surface area contributed by atoms with Crippen LogP contribution < -0.4 is 5.73 Å². The summed E-state index contributed by atoms with van der Waals surface area (Å²) in [7, 11) is 0. The third-order valence-electron chi connectivity index (χ3n) is 6.49. The average Bonchev–Trinajstić information content (AvgIpc) is 2.81. The lowest BCUT2D eigenvalue weighted by Gasteiger charge is -2.48. The molecule has 0 spiro atoms. The van der Waals surface area contributed by atoms with Crippen LogP contribution in [0.2, 0.25) is 0 Å². The van der Waals surface area contributed by atoms with Crippen LogP contribution >= 0.6 is 0 Å². The molecule has 1 saturated heterocycles. The molecular weight excluding hydrogens is 430 g/mol. The second-order valence-corrected chi connectivity index (χ2v) is 9.28. The van der Waals surface area contributed by atoms with E-state index in [1.807, 2.05) is 0 Å². The van der Waals surface area contributed by atoms with Gasteiger partial charge in [-0.15, -0.1) is 0 Å². The Labute approximate surface area is 197 Å². The number of unbranched alkanes of at least 4 members (excludes halogenated alkanes) is 11. The summed E-state index contributed by atoms with van der Waals surface area (Å²) in [5.74, 6) is -2.77. The van der Waals surface area contributed by atoms with E-state index >= 15 is 0 Å². The maximum Gasteiger partial charge on any atom is 0.223 e. The topological polar surface area (TPSA) is 177 Å². The summed E-state index contributed by atoms with van der Waals surface area (Å²) in [4.78, 5) is 0. The van der Waals surface area contributed by atoms with Gasteiger partial charge in [-0.05, 0) is 12.8 Å². The van der Waals surface area contributed by atoms with Crippen molar-refractivity contribution in [2.75, 3.05) is 6.61 Å². The van der Waals surface area contributed by atoms with Crippen molar-refractivity contribution in [2.45, 2.75) is 132 Å². The fraction of sp³-hybridized carbons (Fsp3) is 0.917. The van der Waals surface area contributed by atoms with Crippen molar-refractivity contribution in [3.05, 3.63) is 12.2 Å². The van der Waals surface area contributed by atoms with E-state index in [1.165, 1.54) is 63.9 Å². The van der Waals surface area contributed by atoms with E-state index in [-0.39, 0.29) is 0 Å². The van der Waals surface area contributed by atoms with Gasteiger partial charge in [-0.3, -0.25) is 0 Å². The molecule has 0 aromatic carbocycles. The Morgan fingerprint density at radius 3 is 1.91 bits per heavy atom. The Morgan fingerprint density at radius 2 is 1.39 bits per heavy atom. The summed E-state index contributed by atoms with van der Waals surface area (Å²) in [6, 6.07) is -1.44. The van der Waals surface area contributed by atoms with Gasteiger partial charge in [0.1, 0.15) is 30.5 Å². The molecule has 1 aliphatic heterocycles. The fourth-order valence-corrected chi connectivity index (χ4v) is 4.18. The number of aliphatic hydroxyl groups excluding tert-OH is 6. The maximum atomic E-state index is 10.6. The van der Waals surface area contributed by atoms with Crippen LogP contribution in [0.1, 0.15) is 84.0 Å². The molecule has 0 aromatic rings. The van der Waals surface area contributed by atoms with Gasteiger partial charge in [-0.1, -0.05) is 83.3 Å². The smallest absolute Gasteiger partial charge is 0.223 e. The van der Waals surface area contributed by atoms with Crippen molar-refractivity contribution in [3.8, 4) is 0 Å². The van der Waals surface area contributed by atoms with Crippen molar-refractivity contribution in [3.63, 3.8) is 0 Å². The van der Waals surface area contributed by atoms with Gasteiger partial charge in [0.25, 0.3) is 0 Å². The van der Waals surface area contributed by atoms with Crippen LogP contribution in [0.3, 0.4) is 0 Å². The van der Waals surface area contributed by atoms with Crippen molar-refractivity contribution < 1.29 is 40.5 Å². The first-order valence-corrected chi connectivity index (χ1v) is 12.5. The van der Waals surface area contributed by atoms with Gasteiger partial charge in [0.2, 0.25) is 5.79 Å². The Kier molecular flexibility index (Phi) is 14.9. The number of ether oxygens (including phenoxy) is 1. The minimum atomic E-state index is -2.77. The van der Waals surface area contributed by atoms with E-state index in [1.54, 1.807) is 6.08 Å². The van der Waals surface area contributed by atoms with E-state index in [4.69, 9.17) is 10.5 Å². The summed E-state index contributed by atoms with van der Waals surface area (Å²) in [5, 5.41) is 70.3. The highest BCUT2D eigenvalue weighted by molar-refractivity contribution is 5.05. The number of aliphatic hydroxyl groups is 7. The molecule has 9 heteroatoms. The molecule has 33 heavy (non-hydrogen) atoms. The van der Waals surface area contributed by atoms with Gasteiger partial charge in [0.15, 0.2) is 0 Å². The molecule has 196 valence electrons. The second-order valence-electron chi connectivity index (χ2n) is 9.28. The van der Waals surface area contributed by atoms with Gasteiger partial charge in [0.05, 0.1) is 18.8 Å². The number of allylic oxidation sites excluding steroid dienone is 1. The van der Waals surface area contributed by atoms with E-state index in [2.05, 4.69) is 6.92 Å². The van der Waals surface area contributed by atoms with E-state index in [0.29, 0.717) is 0 Å².